The van der Waals surface area contributed by atoms with Crippen LogP contribution in [0.4, 0.5) is 0 Å². The zero-order valence-electron chi connectivity index (χ0n) is 8.55. The Bertz CT molecular complexity index is 158. The van der Waals surface area contributed by atoms with E-state index in [-0.39, 0.29) is 17.9 Å². The molecule has 0 aromatic rings. The van der Waals surface area contributed by atoms with Crippen molar-refractivity contribution >= 4 is 5.97 Å². The molecule has 0 amide bonds. The molecule has 0 unspecified atom stereocenters. The summed E-state index contributed by atoms with van der Waals surface area (Å²) in [5.74, 6) is -0.457. The van der Waals surface area contributed by atoms with Crippen molar-refractivity contribution in [1.29, 1.82) is 0 Å². The van der Waals surface area contributed by atoms with Gasteiger partial charge >= 0.3 is 5.97 Å². The van der Waals surface area contributed by atoms with Crippen LogP contribution in [0.25, 0.3) is 0 Å². The summed E-state index contributed by atoms with van der Waals surface area (Å²) in [6.07, 6.45) is 0. The van der Waals surface area contributed by atoms with Gasteiger partial charge < -0.3 is 10.5 Å². The molecule has 0 aliphatic rings. The van der Waals surface area contributed by atoms with E-state index >= 15 is 0 Å². The second-order valence-corrected chi connectivity index (χ2v) is 4.18. The van der Waals surface area contributed by atoms with Gasteiger partial charge in [-0.1, -0.05) is 6.92 Å². The first-order valence-electron chi connectivity index (χ1n) is 4.22. The van der Waals surface area contributed by atoms with Crippen LogP contribution in [0.1, 0.15) is 34.6 Å². The minimum Gasteiger partial charge on any atom is -0.460 e. The molecule has 0 heterocycles. The van der Waals surface area contributed by atoms with E-state index in [0.29, 0.717) is 0 Å². The summed E-state index contributed by atoms with van der Waals surface area (Å²) in [6.45, 7) is 9.11. The Balaban J connectivity index is 4.05. The van der Waals surface area contributed by atoms with Gasteiger partial charge in [0.2, 0.25) is 0 Å². The van der Waals surface area contributed by atoms with Gasteiger partial charge in [0.1, 0.15) is 5.60 Å². The first kappa shape index (κ1) is 11.4. The lowest BCUT2D eigenvalue weighted by Gasteiger charge is -2.23. The Labute approximate surface area is 74.3 Å². The summed E-state index contributed by atoms with van der Waals surface area (Å²) < 4.78 is 5.14. The lowest BCUT2D eigenvalue weighted by molar-refractivity contribution is -0.159. The molecular formula is C9H19NO2. The largest absolute Gasteiger partial charge is 0.460 e. The van der Waals surface area contributed by atoms with E-state index in [1.807, 2.05) is 20.8 Å². The van der Waals surface area contributed by atoms with E-state index in [4.69, 9.17) is 10.5 Å². The van der Waals surface area contributed by atoms with Crippen LogP contribution in [0, 0.1) is 5.92 Å². The van der Waals surface area contributed by atoms with Gasteiger partial charge in [-0.15, -0.1) is 0 Å². The topological polar surface area (TPSA) is 52.3 Å². The highest BCUT2D eigenvalue weighted by Crippen LogP contribution is 2.12. The van der Waals surface area contributed by atoms with Gasteiger partial charge in [0.25, 0.3) is 0 Å². The molecule has 0 saturated heterocycles. The summed E-state index contributed by atoms with van der Waals surface area (Å²) in [7, 11) is 0. The van der Waals surface area contributed by atoms with E-state index in [0.717, 1.165) is 0 Å². The minimum absolute atomic E-state index is 0.153. The monoisotopic (exact) mass is 173 g/mol. The van der Waals surface area contributed by atoms with E-state index in [1.54, 1.807) is 13.8 Å². The van der Waals surface area contributed by atoms with Crippen LogP contribution in [0.15, 0.2) is 0 Å². The Hall–Kier alpha value is -0.570. The van der Waals surface area contributed by atoms with Gasteiger partial charge in [0.15, 0.2) is 0 Å². The third-order valence-electron chi connectivity index (χ3n) is 1.57. The van der Waals surface area contributed by atoms with Crippen LogP contribution in [-0.4, -0.2) is 17.6 Å². The minimum atomic E-state index is -0.416. The molecule has 0 bridgehead atoms. The average molecular weight is 173 g/mol. The molecule has 2 atom stereocenters. The maximum atomic E-state index is 11.3. The quantitative estimate of drug-likeness (QED) is 0.640. The van der Waals surface area contributed by atoms with Crippen molar-refractivity contribution in [1.82, 2.24) is 0 Å². The fourth-order valence-corrected chi connectivity index (χ4v) is 0.609. The third-order valence-corrected chi connectivity index (χ3v) is 1.57. The van der Waals surface area contributed by atoms with Crippen molar-refractivity contribution in [2.24, 2.45) is 11.7 Å². The molecule has 0 aromatic carbocycles. The van der Waals surface area contributed by atoms with Gasteiger partial charge in [0, 0.05) is 6.04 Å². The summed E-state index contributed by atoms with van der Waals surface area (Å²) >= 11 is 0. The maximum absolute atomic E-state index is 11.3. The Morgan fingerprint density at radius 2 is 1.75 bits per heavy atom. The van der Waals surface area contributed by atoms with Crippen molar-refractivity contribution < 1.29 is 9.53 Å². The summed E-state index contributed by atoms with van der Waals surface area (Å²) in [6, 6.07) is -0.153. The zero-order valence-corrected chi connectivity index (χ0v) is 8.55. The van der Waals surface area contributed by atoms with Gasteiger partial charge in [-0.05, 0) is 27.7 Å². The van der Waals surface area contributed by atoms with E-state index < -0.39 is 5.60 Å². The van der Waals surface area contributed by atoms with Crippen molar-refractivity contribution in [3.05, 3.63) is 0 Å². The van der Waals surface area contributed by atoms with Crippen LogP contribution in [-0.2, 0) is 9.53 Å². The number of esters is 1. The van der Waals surface area contributed by atoms with Gasteiger partial charge in [-0.2, -0.15) is 0 Å². The predicted molar refractivity (Wildman–Crippen MR) is 48.7 cm³/mol. The molecule has 0 fully saturated rings. The number of nitrogens with two attached hydrogens (primary N) is 1. The number of carbonyl (C=O) groups excluding carboxylic acids is 1. The molecule has 3 heteroatoms. The molecule has 0 rings (SSSR count). The normalized spacial score (nSPS) is 16.8. The second kappa shape index (κ2) is 3.90. The number of ether oxygens (including phenoxy) is 1. The van der Waals surface area contributed by atoms with Gasteiger partial charge in [-0.25, -0.2) is 0 Å². The highest BCUT2D eigenvalue weighted by atomic mass is 16.6. The van der Waals surface area contributed by atoms with E-state index in [2.05, 4.69) is 0 Å². The van der Waals surface area contributed by atoms with Crippen LogP contribution in [0.2, 0.25) is 0 Å². The van der Waals surface area contributed by atoms with Gasteiger partial charge in [0.05, 0.1) is 5.92 Å². The van der Waals surface area contributed by atoms with Crippen molar-refractivity contribution in [3.8, 4) is 0 Å². The maximum Gasteiger partial charge on any atom is 0.310 e. The molecule has 0 aliphatic heterocycles. The molecule has 2 N–H and O–H groups in total. The molecule has 72 valence electrons. The van der Waals surface area contributed by atoms with E-state index in [1.165, 1.54) is 0 Å². The van der Waals surface area contributed by atoms with Crippen LogP contribution in [0.5, 0.6) is 0 Å². The van der Waals surface area contributed by atoms with Crippen LogP contribution >= 0.6 is 0 Å². The third kappa shape index (κ3) is 4.34. The molecule has 3 nitrogen and oxygen atoms in total. The number of carbonyl (C=O) groups is 1. The van der Waals surface area contributed by atoms with Crippen molar-refractivity contribution in [3.63, 3.8) is 0 Å². The summed E-state index contributed by atoms with van der Waals surface area (Å²) in [4.78, 5) is 11.3. The van der Waals surface area contributed by atoms with Crippen LogP contribution < -0.4 is 5.73 Å². The molecule has 0 radical (unpaired) electrons. The summed E-state index contributed by atoms with van der Waals surface area (Å²) in [5.41, 5.74) is 5.14. The highest BCUT2D eigenvalue weighted by Gasteiger charge is 2.23. The molecule has 0 saturated carbocycles. The Kier molecular flexibility index (Phi) is 3.71. The molecule has 0 aliphatic carbocycles. The summed E-state index contributed by atoms with van der Waals surface area (Å²) in [5, 5.41) is 0. The van der Waals surface area contributed by atoms with Crippen molar-refractivity contribution in [2.45, 2.75) is 46.3 Å². The standard InChI is InChI=1S/C9H19NO2/c1-6(7(2)10)8(11)12-9(3,4)5/h6-7H,10H2,1-5H3/t6-,7+/m0/s1. The lowest BCUT2D eigenvalue weighted by atomic mass is 10.0. The Morgan fingerprint density at radius 1 is 1.33 bits per heavy atom. The molecule has 12 heavy (non-hydrogen) atoms. The van der Waals surface area contributed by atoms with Gasteiger partial charge in [-0.3, -0.25) is 4.79 Å². The fourth-order valence-electron chi connectivity index (χ4n) is 0.609. The van der Waals surface area contributed by atoms with E-state index in [9.17, 15) is 4.79 Å². The number of rotatable bonds is 2. The predicted octanol–water partition coefficient (Wildman–Crippen LogP) is 1.31. The SMILES string of the molecule is C[C@H](C(=O)OC(C)(C)C)[C@@H](C)N. The lowest BCUT2D eigenvalue weighted by Crippen LogP contribution is -2.35. The van der Waals surface area contributed by atoms with Crippen LogP contribution in [0.3, 0.4) is 0 Å². The molecule has 0 aromatic heterocycles. The fraction of sp³-hybridized carbons (Fsp3) is 0.889. The first-order chi connectivity index (χ1) is 5.24. The zero-order chi connectivity index (χ0) is 9.94. The second-order valence-electron chi connectivity index (χ2n) is 4.18. The first-order valence-corrected chi connectivity index (χ1v) is 4.22. The van der Waals surface area contributed by atoms with Crippen molar-refractivity contribution in [2.75, 3.05) is 0 Å². The molecule has 0 spiro atoms. The smallest absolute Gasteiger partial charge is 0.310 e. The highest BCUT2D eigenvalue weighted by molar-refractivity contribution is 5.73. The number of hydrogen-bond acceptors (Lipinski definition) is 3. The molecular weight excluding hydrogens is 154 g/mol. The number of hydrogen-bond donors (Lipinski definition) is 1. The Morgan fingerprint density at radius 3 is 2.00 bits per heavy atom. The average Bonchev–Trinajstić information content (AvgIpc) is 1.82.